The molecule has 0 bridgehead atoms. The average molecular weight is 340 g/mol. The minimum absolute atomic E-state index is 0.111. The molecule has 1 fully saturated rings. The lowest BCUT2D eigenvalue weighted by molar-refractivity contribution is -0.380. The molecule has 0 aliphatic heterocycles. The number of thiophene rings is 1. The number of nitrogens with one attached hydrogen (secondary N) is 1. The number of amides is 1. The molecule has 1 aliphatic rings. The number of carbonyl (C=O) groups is 2. The maximum Gasteiger partial charge on any atom is 0.349 e. The number of hydrogen-bond donors (Lipinski definition) is 1. The zero-order chi connectivity index (χ0) is 17.0. The summed E-state index contributed by atoms with van der Waals surface area (Å²) in [5.74, 6) is -0.638. The highest BCUT2D eigenvalue weighted by Gasteiger charge is 2.27. The van der Waals surface area contributed by atoms with E-state index >= 15 is 0 Å². The van der Waals surface area contributed by atoms with Crippen LogP contribution < -0.4 is 5.32 Å². The van der Waals surface area contributed by atoms with Crippen molar-refractivity contribution in [2.45, 2.75) is 51.7 Å². The fourth-order valence-corrected chi connectivity index (χ4v) is 3.34. The molecule has 126 valence electrons. The Hall–Kier alpha value is -1.96. The number of nitrogens with zero attached hydrogens (tertiary/aromatic N) is 1. The molecule has 23 heavy (non-hydrogen) atoms. The molecule has 0 aromatic carbocycles. The molecule has 1 aliphatic carbocycles. The summed E-state index contributed by atoms with van der Waals surface area (Å²) in [5.41, 5.74) is 0. The number of esters is 1. The maximum absolute atomic E-state index is 12.1. The minimum Gasteiger partial charge on any atom is -0.448 e. The molecule has 0 spiro atoms. The zero-order valence-electron chi connectivity index (χ0n) is 13.1. The fraction of sp³-hybridized carbons (Fsp3) is 0.600. The summed E-state index contributed by atoms with van der Waals surface area (Å²) in [6.07, 6.45) is 3.35. The van der Waals surface area contributed by atoms with E-state index in [1.165, 1.54) is 25.5 Å². The molecule has 2 rings (SSSR count). The molecule has 1 amide bonds. The summed E-state index contributed by atoms with van der Waals surface area (Å²) >= 11 is 0.734. The second kappa shape index (κ2) is 7.54. The summed E-state index contributed by atoms with van der Waals surface area (Å²) in [7, 11) is 0. The monoisotopic (exact) mass is 340 g/mol. The molecule has 7 nitrogen and oxygen atoms in total. The van der Waals surface area contributed by atoms with Crippen molar-refractivity contribution in [3.05, 3.63) is 27.1 Å². The van der Waals surface area contributed by atoms with Gasteiger partial charge in [-0.05, 0) is 31.7 Å². The fourth-order valence-electron chi connectivity index (χ4n) is 2.64. The highest BCUT2D eigenvalue weighted by atomic mass is 32.1. The first kappa shape index (κ1) is 17.4. The third-order valence-corrected chi connectivity index (χ3v) is 5.08. The Morgan fingerprint density at radius 3 is 2.70 bits per heavy atom. The number of carbonyl (C=O) groups excluding carboxylic acids is 2. The van der Waals surface area contributed by atoms with Crippen molar-refractivity contribution in [1.82, 2.24) is 5.32 Å². The van der Waals surface area contributed by atoms with E-state index in [0.29, 0.717) is 5.92 Å². The van der Waals surface area contributed by atoms with Crippen LogP contribution in [0.15, 0.2) is 12.1 Å². The first-order chi connectivity index (χ1) is 10.9. The lowest BCUT2D eigenvalue weighted by Gasteiger charge is -2.30. The Labute approximate surface area is 138 Å². The molecule has 1 heterocycles. The summed E-state index contributed by atoms with van der Waals surface area (Å²) in [4.78, 5) is 34.2. The van der Waals surface area contributed by atoms with Crippen molar-refractivity contribution < 1.29 is 19.2 Å². The van der Waals surface area contributed by atoms with Crippen molar-refractivity contribution in [2.75, 3.05) is 0 Å². The van der Waals surface area contributed by atoms with Crippen molar-refractivity contribution in [2.24, 2.45) is 5.92 Å². The van der Waals surface area contributed by atoms with Gasteiger partial charge in [-0.1, -0.05) is 31.1 Å². The van der Waals surface area contributed by atoms with Crippen LogP contribution >= 0.6 is 11.3 Å². The first-order valence-electron chi connectivity index (χ1n) is 7.64. The van der Waals surface area contributed by atoms with Crippen LogP contribution in [0, 0.1) is 16.0 Å². The third-order valence-electron chi connectivity index (χ3n) is 4.07. The lowest BCUT2D eigenvalue weighted by Crippen LogP contribution is -2.45. The molecular weight excluding hydrogens is 320 g/mol. The molecule has 1 aromatic heterocycles. The first-order valence-corrected chi connectivity index (χ1v) is 8.45. The average Bonchev–Trinajstić information content (AvgIpc) is 2.99. The predicted octanol–water partition coefficient (Wildman–Crippen LogP) is 2.90. The Balaban J connectivity index is 1.89. The summed E-state index contributed by atoms with van der Waals surface area (Å²) in [6, 6.07) is 2.69. The molecule has 0 unspecified atom stereocenters. The van der Waals surface area contributed by atoms with Gasteiger partial charge in [-0.25, -0.2) is 4.79 Å². The van der Waals surface area contributed by atoms with Gasteiger partial charge in [0.1, 0.15) is 4.88 Å². The van der Waals surface area contributed by atoms with Gasteiger partial charge in [0.15, 0.2) is 6.10 Å². The van der Waals surface area contributed by atoms with Crippen LogP contribution in [0.25, 0.3) is 0 Å². The van der Waals surface area contributed by atoms with E-state index in [2.05, 4.69) is 12.2 Å². The molecule has 0 radical (unpaired) electrons. The van der Waals surface area contributed by atoms with Crippen molar-refractivity contribution in [3.63, 3.8) is 0 Å². The summed E-state index contributed by atoms with van der Waals surface area (Å²) in [5, 5.41) is 13.4. The van der Waals surface area contributed by atoms with Gasteiger partial charge in [-0.3, -0.25) is 14.9 Å². The van der Waals surface area contributed by atoms with Gasteiger partial charge in [0.25, 0.3) is 5.91 Å². The number of rotatable bonds is 5. The molecule has 3 atom stereocenters. The standard InChI is InChI=1S/C15H20N2O5S/c1-9-5-3-4-6-11(9)16-14(18)10(2)22-15(19)12-7-8-13(23-12)17(20)21/h7-11H,3-6H2,1-2H3,(H,16,18)/t9-,10+,11+/m1/s1. The van der Waals surface area contributed by atoms with Gasteiger partial charge in [-0.2, -0.15) is 0 Å². The normalized spacial score (nSPS) is 22.2. The molecule has 1 aromatic rings. The smallest absolute Gasteiger partial charge is 0.349 e. The Morgan fingerprint density at radius 1 is 1.39 bits per heavy atom. The van der Waals surface area contributed by atoms with Crippen molar-refractivity contribution in [1.29, 1.82) is 0 Å². The van der Waals surface area contributed by atoms with Crippen LogP contribution in [0.3, 0.4) is 0 Å². The molecular formula is C15H20N2O5S. The second-order valence-corrected chi connectivity index (χ2v) is 6.88. The zero-order valence-corrected chi connectivity index (χ0v) is 13.9. The van der Waals surface area contributed by atoms with E-state index < -0.39 is 17.0 Å². The topological polar surface area (TPSA) is 98.5 Å². The Bertz CT molecular complexity index is 600. The van der Waals surface area contributed by atoms with Crippen LogP contribution in [-0.4, -0.2) is 28.9 Å². The van der Waals surface area contributed by atoms with Gasteiger partial charge >= 0.3 is 11.0 Å². The Kier molecular flexibility index (Phi) is 5.70. The lowest BCUT2D eigenvalue weighted by atomic mass is 9.86. The maximum atomic E-state index is 12.1. The highest BCUT2D eigenvalue weighted by Crippen LogP contribution is 2.25. The van der Waals surface area contributed by atoms with Gasteiger partial charge < -0.3 is 10.1 Å². The van der Waals surface area contributed by atoms with Gasteiger partial charge in [-0.15, -0.1) is 0 Å². The van der Waals surface area contributed by atoms with Crippen LogP contribution in [0.2, 0.25) is 0 Å². The van der Waals surface area contributed by atoms with Crippen molar-refractivity contribution >= 4 is 28.2 Å². The minimum atomic E-state index is -0.933. The van der Waals surface area contributed by atoms with E-state index in [-0.39, 0.29) is 21.8 Å². The molecule has 1 saturated carbocycles. The SMILES string of the molecule is C[C@H](OC(=O)c1ccc([N+](=O)[O-])s1)C(=O)N[C@H]1CCCC[C@H]1C. The number of nitro groups is 1. The van der Waals surface area contributed by atoms with Gasteiger partial charge in [0, 0.05) is 12.1 Å². The quantitative estimate of drug-likeness (QED) is 0.505. The Morgan fingerprint density at radius 2 is 2.09 bits per heavy atom. The number of hydrogen-bond acceptors (Lipinski definition) is 6. The highest BCUT2D eigenvalue weighted by molar-refractivity contribution is 7.17. The van der Waals surface area contributed by atoms with E-state index in [1.807, 2.05) is 0 Å². The molecule has 1 N–H and O–H groups in total. The third kappa shape index (κ3) is 4.51. The summed E-state index contributed by atoms with van der Waals surface area (Å²) < 4.78 is 5.10. The van der Waals surface area contributed by atoms with Crippen LogP contribution in [0.1, 0.15) is 49.2 Å². The van der Waals surface area contributed by atoms with E-state index in [1.54, 1.807) is 0 Å². The largest absolute Gasteiger partial charge is 0.448 e. The van der Waals surface area contributed by atoms with Crippen LogP contribution in [0.5, 0.6) is 0 Å². The summed E-state index contributed by atoms with van der Waals surface area (Å²) in [6.45, 7) is 3.61. The molecule has 0 saturated heterocycles. The second-order valence-electron chi connectivity index (χ2n) is 5.82. The van der Waals surface area contributed by atoms with Crippen molar-refractivity contribution in [3.8, 4) is 0 Å². The van der Waals surface area contributed by atoms with E-state index in [0.717, 1.165) is 30.6 Å². The van der Waals surface area contributed by atoms with Gasteiger partial charge in [0.2, 0.25) is 0 Å². The van der Waals surface area contributed by atoms with E-state index in [4.69, 9.17) is 4.74 Å². The van der Waals surface area contributed by atoms with Crippen LogP contribution in [0.4, 0.5) is 5.00 Å². The van der Waals surface area contributed by atoms with Gasteiger partial charge in [0.05, 0.1) is 4.92 Å². The van der Waals surface area contributed by atoms with E-state index in [9.17, 15) is 19.7 Å². The number of ether oxygens (including phenoxy) is 1. The predicted molar refractivity (Wildman–Crippen MR) is 85.4 cm³/mol. The van der Waals surface area contributed by atoms with Crippen LogP contribution in [-0.2, 0) is 9.53 Å². The molecule has 8 heteroatoms.